The zero-order valence-electron chi connectivity index (χ0n) is 15.5. The van der Waals surface area contributed by atoms with E-state index in [1.54, 1.807) is 19.2 Å². The van der Waals surface area contributed by atoms with E-state index in [1.165, 1.54) is 29.7 Å². The molecule has 1 heterocycles. The molecule has 7 nitrogen and oxygen atoms in total. The van der Waals surface area contributed by atoms with Gasteiger partial charge in [0.15, 0.2) is 5.96 Å². The first-order valence-corrected chi connectivity index (χ1v) is 10.3. The van der Waals surface area contributed by atoms with Gasteiger partial charge in [0.05, 0.1) is 13.1 Å². The van der Waals surface area contributed by atoms with Crippen LogP contribution in [0.3, 0.4) is 0 Å². The molecule has 10 heteroatoms. The smallest absolute Gasteiger partial charge is 0.252 e. The second kappa shape index (κ2) is 11.5. The van der Waals surface area contributed by atoms with E-state index in [2.05, 4.69) is 15.6 Å². The molecule has 0 fully saturated rings. The van der Waals surface area contributed by atoms with E-state index in [1.807, 2.05) is 30.3 Å². The molecule has 1 aromatic heterocycles. The van der Waals surface area contributed by atoms with Crippen molar-refractivity contribution in [2.75, 3.05) is 34.3 Å². The van der Waals surface area contributed by atoms with Gasteiger partial charge in [-0.3, -0.25) is 4.99 Å². The van der Waals surface area contributed by atoms with Gasteiger partial charge in [0.2, 0.25) is 0 Å². The summed E-state index contributed by atoms with van der Waals surface area (Å²) < 4.78 is 31.3. The average Bonchev–Trinajstić information content (AvgIpc) is 3.11. The van der Waals surface area contributed by atoms with Gasteiger partial charge in [-0.25, -0.2) is 12.7 Å². The van der Waals surface area contributed by atoms with Gasteiger partial charge in [-0.05, 0) is 24.3 Å². The molecule has 150 valence electrons. The maximum atomic E-state index is 12.1. The van der Waals surface area contributed by atoms with Gasteiger partial charge in [0.1, 0.15) is 16.6 Å². The Hall–Kier alpha value is -1.37. The minimum atomic E-state index is -3.38. The topological polar surface area (TPSA) is 83.0 Å². The lowest BCUT2D eigenvalue weighted by molar-refractivity contribution is 0.322. The number of sulfonamides is 1. The molecular weight excluding hydrogens is 499 g/mol. The molecule has 2 rings (SSSR count). The first-order valence-electron chi connectivity index (χ1n) is 8.07. The van der Waals surface area contributed by atoms with E-state index in [-0.39, 0.29) is 24.0 Å². The fraction of sp³-hybridized carbons (Fsp3) is 0.353. The monoisotopic (exact) mass is 524 g/mol. The largest absolute Gasteiger partial charge is 0.492 e. The van der Waals surface area contributed by atoms with Gasteiger partial charge in [-0.1, -0.05) is 18.2 Å². The van der Waals surface area contributed by atoms with Crippen LogP contribution in [0.1, 0.15) is 4.88 Å². The third-order valence-corrected chi connectivity index (χ3v) is 6.80. The van der Waals surface area contributed by atoms with Crippen LogP contribution in [-0.2, 0) is 16.6 Å². The molecule has 0 aliphatic heterocycles. The van der Waals surface area contributed by atoms with E-state index >= 15 is 0 Å². The fourth-order valence-electron chi connectivity index (χ4n) is 2.02. The number of hydrogen-bond acceptors (Lipinski definition) is 5. The van der Waals surface area contributed by atoms with Crippen molar-refractivity contribution in [3.8, 4) is 5.75 Å². The van der Waals surface area contributed by atoms with Crippen LogP contribution < -0.4 is 15.4 Å². The number of para-hydroxylation sites is 1. The Bertz CT molecular complexity index is 824. The van der Waals surface area contributed by atoms with Crippen molar-refractivity contribution in [2.24, 2.45) is 4.99 Å². The Balaban J connectivity index is 0.00000364. The molecule has 1 aromatic carbocycles. The van der Waals surface area contributed by atoms with E-state index in [0.29, 0.717) is 29.9 Å². The highest BCUT2D eigenvalue weighted by atomic mass is 127. The standard InChI is InChI=1S/C17H24N4O3S2.HI/c1-18-17(19-11-12-24-14-7-5-4-6-8-14)20-13-15-9-10-16(25-15)26(22,23)21(2)3;/h4-10H,11-13H2,1-3H3,(H2,18,19,20);1H. The number of guanidine groups is 1. The van der Waals surface area contributed by atoms with Gasteiger partial charge >= 0.3 is 0 Å². The molecule has 0 spiro atoms. The predicted molar refractivity (Wildman–Crippen MR) is 121 cm³/mol. The highest BCUT2D eigenvalue weighted by Crippen LogP contribution is 2.23. The van der Waals surface area contributed by atoms with Crippen LogP contribution in [-0.4, -0.2) is 53.0 Å². The predicted octanol–water partition coefficient (Wildman–Crippen LogP) is 2.36. The molecule has 0 amide bonds. The number of nitrogens with one attached hydrogen (secondary N) is 2. The van der Waals surface area contributed by atoms with Crippen LogP contribution in [0.15, 0.2) is 51.7 Å². The summed E-state index contributed by atoms with van der Waals surface area (Å²) in [5.41, 5.74) is 0. The number of hydrogen-bond donors (Lipinski definition) is 2. The molecule has 0 aliphatic rings. The van der Waals surface area contributed by atoms with Crippen LogP contribution in [0.2, 0.25) is 0 Å². The van der Waals surface area contributed by atoms with Gasteiger partial charge in [-0.2, -0.15) is 0 Å². The highest BCUT2D eigenvalue weighted by Gasteiger charge is 2.19. The zero-order valence-corrected chi connectivity index (χ0v) is 19.5. The molecule has 2 aromatic rings. The Morgan fingerprint density at radius 1 is 1.15 bits per heavy atom. The number of aliphatic imine (C=N–C) groups is 1. The molecule has 0 saturated carbocycles. The third kappa shape index (κ3) is 7.28. The lowest BCUT2D eigenvalue weighted by Gasteiger charge is -2.12. The second-order valence-corrected chi connectivity index (χ2v) is 9.07. The Kier molecular flexibility index (Phi) is 10.1. The van der Waals surface area contributed by atoms with E-state index < -0.39 is 10.0 Å². The van der Waals surface area contributed by atoms with Crippen LogP contribution >= 0.6 is 35.3 Å². The number of nitrogens with zero attached hydrogens (tertiary/aromatic N) is 2. The summed E-state index contributed by atoms with van der Waals surface area (Å²) in [6.07, 6.45) is 0. The van der Waals surface area contributed by atoms with Crippen molar-refractivity contribution in [1.82, 2.24) is 14.9 Å². The van der Waals surface area contributed by atoms with Crippen LogP contribution in [0.25, 0.3) is 0 Å². The van der Waals surface area contributed by atoms with Crippen molar-refractivity contribution in [3.05, 3.63) is 47.3 Å². The number of rotatable bonds is 8. The summed E-state index contributed by atoms with van der Waals surface area (Å²) in [6.45, 7) is 1.60. The minimum absolute atomic E-state index is 0. The summed E-state index contributed by atoms with van der Waals surface area (Å²) in [6, 6.07) is 13.0. The summed E-state index contributed by atoms with van der Waals surface area (Å²) in [5, 5.41) is 6.32. The first kappa shape index (κ1) is 23.7. The molecule has 2 N–H and O–H groups in total. The molecule has 0 atom stereocenters. The maximum Gasteiger partial charge on any atom is 0.252 e. The van der Waals surface area contributed by atoms with Gasteiger partial charge in [-0.15, -0.1) is 35.3 Å². The summed E-state index contributed by atoms with van der Waals surface area (Å²) in [4.78, 5) is 5.06. The number of ether oxygens (including phenoxy) is 1. The summed E-state index contributed by atoms with van der Waals surface area (Å²) in [5.74, 6) is 1.46. The van der Waals surface area contributed by atoms with Gasteiger partial charge < -0.3 is 15.4 Å². The van der Waals surface area contributed by atoms with E-state index in [0.717, 1.165) is 10.6 Å². The quantitative estimate of drug-likeness (QED) is 0.240. The molecule has 0 unspecified atom stereocenters. The highest BCUT2D eigenvalue weighted by molar-refractivity contribution is 14.0. The normalized spacial score (nSPS) is 11.8. The first-order chi connectivity index (χ1) is 12.4. The molecular formula is C17H25IN4O3S2. The Morgan fingerprint density at radius 2 is 1.85 bits per heavy atom. The molecule has 0 aliphatic carbocycles. The zero-order chi connectivity index (χ0) is 19.0. The Labute approximate surface area is 181 Å². The van der Waals surface area contributed by atoms with E-state index in [9.17, 15) is 8.42 Å². The second-order valence-electron chi connectivity index (χ2n) is 5.52. The average molecular weight is 524 g/mol. The van der Waals surface area contributed by atoms with Crippen molar-refractivity contribution < 1.29 is 13.2 Å². The molecule has 0 saturated heterocycles. The van der Waals surface area contributed by atoms with Crippen LogP contribution in [0, 0.1) is 0 Å². The molecule has 0 radical (unpaired) electrons. The van der Waals surface area contributed by atoms with E-state index in [4.69, 9.17) is 4.74 Å². The molecule has 27 heavy (non-hydrogen) atoms. The van der Waals surface area contributed by atoms with Gasteiger partial charge in [0, 0.05) is 26.0 Å². The number of benzene rings is 1. The number of halogens is 1. The SMILES string of the molecule is CN=C(NCCOc1ccccc1)NCc1ccc(S(=O)(=O)N(C)C)s1.I. The van der Waals surface area contributed by atoms with Crippen molar-refractivity contribution in [1.29, 1.82) is 0 Å². The lowest BCUT2D eigenvalue weighted by atomic mass is 10.3. The third-order valence-electron chi connectivity index (χ3n) is 3.43. The van der Waals surface area contributed by atoms with Crippen LogP contribution in [0.4, 0.5) is 0 Å². The minimum Gasteiger partial charge on any atom is -0.492 e. The van der Waals surface area contributed by atoms with Crippen molar-refractivity contribution >= 4 is 51.3 Å². The maximum absolute atomic E-state index is 12.1. The molecule has 0 bridgehead atoms. The Morgan fingerprint density at radius 3 is 2.48 bits per heavy atom. The number of thiophene rings is 1. The summed E-state index contributed by atoms with van der Waals surface area (Å²) >= 11 is 1.25. The fourth-order valence-corrected chi connectivity index (χ4v) is 4.48. The lowest BCUT2D eigenvalue weighted by Crippen LogP contribution is -2.38. The van der Waals surface area contributed by atoms with Crippen molar-refractivity contribution in [3.63, 3.8) is 0 Å². The van der Waals surface area contributed by atoms with Gasteiger partial charge in [0.25, 0.3) is 10.0 Å². The summed E-state index contributed by atoms with van der Waals surface area (Å²) in [7, 11) is 1.35. The van der Waals surface area contributed by atoms with Crippen molar-refractivity contribution in [2.45, 2.75) is 10.8 Å². The van der Waals surface area contributed by atoms with Crippen LogP contribution in [0.5, 0.6) is 5.75 Å².